The van der Waals surface area contributed by atoms with Crippen molar-refractivity contribution in [1.29, 1.82) is 0 Å². The number of likely N-dealkylation sites (tertiary alicyclic amines) is 2. The van der Waals surface area contributed by atoms with Gasteiger partial charge in [-0.25, -0.2) is 0 Å². The first-order valence-electron chi connectivity index (χ1n) is 13.1. The molecule has 5 heteroatoms. The third kappa shape index (κ3) is 7.31. The molecular weight excluding hydrogens is 400 g/mol. The minimum absolute atomic E-state index is 0.0130. The molecule has 184 valence electrons. The highest BCUT2D eigenvalue weighted by Gasteiger charge is 2.46. The highest BCUT2D eigenvalue weighted by Crippen LogP contribution is 2.43. The second-order valence-corrected chi connectivity index (χ2v) is 11.7. The molecule has 5 nitrogen and oxygen atoms in total. The number of rotatable bonds is 12. The van der Waals surface area contributed by atoms with E-state index in [9.17, 15) is 14.4 Å². The number of hydrogen-bond acceptors (Lipinski definition) is 3. The largest absolute Gasteiger partial charge is 0.333 e. The Hall–Kier alpha value is -1.39. The van der Waals surface area contributed by atoms with Crippen LogP contribution in [0.5, 0.6) is 0 Å². The second kappa shape index (κ2) is 11.7. The summed E-state index contributed by atoms with van der Waals surface area (Å²) in [6.45, 7) is 12.6. The van der Waals surface area contributed by atoms with E-state index in [0.29, 0.717) is 18.8 Å². The first-order valence-corrected chi connectivity index (χ1v) is 13.1. The fourth-order valence-electron chi connectivity index (χ4n) is 6.69. The Labute approximate surface area is 196 Å². The lowest BCUT2D eigenvalue weighted by molar-refractivity contribution is -0.149. The number of hydrogen-bond donors (Lipinski definition) is 0. The van der Waals surface area contributed by atoms with Crippen molar-refractivity contribution in [3.63, 3.8) is 0 Å². The van der Waals surface area contributed by atoms with Gasteiger partial charge in [-0.2, -0.15) is 0 Å². The van der Waals surface area contributed by atoms with E-state index in [4.69, 9.17) is 0 Å². The molecule has 0 aliphatic carbocycles. The summed E-state index contributed by atoms with van der Waals surface area (Å²) in [7, 11) is 0. The Morgan fingerprint density at radius 1 is 0.844 bits per heavy atom. The molecule has 2 aliphatic rings. The van der Waals surface area contributed by atoms with Crippen LogP contribution in [0.1, 0.15) is 131 Å². The van der Waals surface area contributed by atoms with Gasteiger partial charge in [0.15, 0.2) is 0 Å². The van der Waals surface area contributed by atoms with Crippen molar-refractivity contribution >= 4 is 17.7 Å². The van der Waals surface area contributed by atoms with Gasteiger partial charge >= 0.3 is 0 Å². The van der Waals surface area contributed by atoms with E-state index in [-0.39, 0.29) is 34.8 Å². The third-order valence-electron chi connectivity index (χ3n) is 7.62. The molecule has 32 heavy (non-hydrogen) atoms. The van der Waals surface area contributed by atoms with E-state index in [1.165, 1.54) is 56.3 Å². The zero-order valence-corrected chi connectivity index (χ0v) is 21.7. The van der Waals surface area contributed by atoms with Crippen LogP contribution in [-0.4, -0.2) is 44.6 Å². The molecular formula is C27H48N2O3. The number of amides is 3. The average Bonchev–Trinajstić information content (AvgIpc) is 2.99. The van der Waals surface area contributed by atoms with E-state index < -0.39 is 0 Å². The van der Waals surface area contributed by atoms with E-state index in [2.05, 4.69) is 32.6 Å². The molecule has 1 unspecified atom stereocenters. The van der Waals surface area contributed by atoms with E-state index in [0.717, 1.165) is 25.7 Å². The van der Waals surface area contributed by atoms with Crippen LogP contribution in [0.4, 0.5) is 0 Å². The van der Waals surface area contributed by atoms with Crippen LogP contribution < -0.4 is 0 Å². The van der Waals surface area contributed by atoms with Gasteiger partial charge in [-0.05, 0) is 59.8 Å². The number of carbonyl (C=O) groups is 3. The molecule has 2 saturated heterocycles. The summed E-state index contributed by atoms with van der Waals surface area (Å²) >= 11 is 0. The lowest BCUT2D eigenvalue weighted by Gasteiger charge is -2.55. The average molecular weight is 449 g/mol. The highest BCUT2D eigenvalue weighted by molar-refractivity contribution is 6.02. The Morgan fingerprint density at radius 3 is 1.75 bits per heavy atom. The van der Waals surface area contributed by atoms with Gasteiger partial charge in [0, 0.05) is 36.9 Å². The molecule has 1 atom stereocenters. The molecule has 0 spiro atoms. The monoisotopic (exact) mass is 448 g/mol. The lowest BCUT2D eigenvalue weighted by atomic mass is 9.72. The van der Waals surface area contributed by atoms with Crippen LogP contribution in [-0.2, 0) is 14.4 Å². The Bertz CT molecular complexity index is 621. The Morgan fingerprint density at radius 2 is 1.28 bits per heavy atom. The van der Waals surface area contributed by atoms with Crippen LogP contribution in [0.2, 0.25) is 0 Å². The van der Waals surface area contributed by atoms with Gasteiger partial charge in [-0.15, -0.1) is 0 Å². The van der Waals surface area contributed by atoms with Gasteiger partial charge in [0.2, 0.25) is 17.7 Å². The number of imide groups is 1. The van der Waals surface area contributed by atoms with E-state index in [1.807, 2.05) is 6.92 Å². The predicted octanol–water partition coefficient (Wildman–Crippen LogP) is 6.24. The summed E-state index contributed by atoms with van der Waals surface area (Å²) in [4.78, 5) is 39.3. The van der Waals surface area contributed by atoms with Gasteiger partial charge in [0.25, 0.3) is 0 Å². The fraction of sp³-hybridized carbons (Fsp3) is 0.889. The fourth-order valence-corrected chi connectivity index (χ4v) is 6.69. The minimum Gasteiger partial charge on any atom is -0.333 e. The van der Waals surface area contributed by atoms with Gasteiger partial charge < -0.3 is 4.90 Å². The third-order valence-corrected chi connectivity index (χ3v) is 7.62. The molecule has 0 aromatic heterocycles. The molecule has 0 aromatic rings. The summed E-state index contributed by atoms with van der Waals surface area (Å²) in [6, 6.07) is 0.0646. The van der Waals surface area contributed by atoms with Gasteiger partial charge in [-0.3, -0.25) is 19.3 Å². The lowest BCUT2D eigenvalue weighted by Crippen LogP contribution is -2.62. The number of carbonyl (C=O) groups excluding carboxylic acids is 3. The molecule has 0 bridgehead atoms. The molecule has 0 radical (unpaired) electrons. The van der Waals surface area contributed by atoms with Crippen LogP contribution in [0.25, 0.3) is 0 Å². The summed E-state index contributed by atoms with van der Waals surface area (Å²) < 4.78 is 0. The van der Waals surface area contributed by atoms with Crippen LogP contribution in [0.15, 0.2) is 0 Å². The molecule has 2 fully saturated rings. The van der Waals surface area contributed by atoms with Crippen molar-refractivity contribution in [2.45, 2.75) is 149 Å². The summed E-state index contributed by atoms with van der Waals surface area (Å²) in [5.41, 5.74) is -0.101. The number of piperidine rings is 1. The van der Waals surface area contributed by atoms with E-state index in [1.54, 1.807) is 6.92 Å². The van der Waals surface area contributed by atoms with Crippen molar-refractivity contribution in [2.24, 2.45) is 5.92 Å². The summed E-state index contributed by atoms with van der Waals surface area (Å²) in [5, 5.41) is 0. The topological polar surface area (TPSA) is 57.7 Å². The maximum atomic E-state index is 12.2. The molecule has 0 saturated carbocycles. The minimum atomic E-state index is -0.0505. The normalized spacial score (nSPS) is 21.9. The van der Waals surface area contributed by atoms with Crippen molar-refractivity contribution in [2.75, 3.05) is 0 Å². The smallest absolute Gasteiger partial charge is 0.229 e. The number of unbranched alkanes of at least 4 members (excludes halogenated alkanes) is 7. The first kappa shape index (κ1) is 26.9. The van der Waals surface area contributed by atoms with Crippen molar-refractivity contribution in [1.82, 2.24) is 9.80 Å². The zero-order valence-electron chi connectivity index (χ0n) is 21.7. The Balaban J connectivity index is 1.52. The van der Waals surface area contributed by atoms with Crippen LogP contribution in [0.3, 0.4) is 0 Å². The zero-order chi connectivity index (χ0) is 23.9. The van der Waals surface area contributed by atoms with Crippen LogP contribution in [0, 0.1) is 5.92 Å². The maximum absolute atomic E-state index is 12.2. The molecule has 2 heterocycles. The van der Waals surface area contributed by atoms with Gasteiger partial charge in [0.05, 0.1) is 0 Å². The number of nitrogens with zero attached hydrogens (tertiary/aromatic N) is 2. The summed E-state index contributed by atoms with van der Waals surface area (Å²) in [5.74, 6) is 0.941. The second-order valence-electron chi connectivity index (χ2n) is 11.7. The molecule has 0 aromatic carbocycles. The van der Waals surface area contributed by atoms with Crippen molar-refractivity contribution in [3.05, 3.63) is 0 Å². The highest BCUT2D eigenvalue weighted by atomic mass is 16.2. The molecule has 0 N–H and O–H groups in total. The van der Waals surface area contributed by atoms with Crippen molar-refractivity contribution in [3.8, 4) is 0 Å². The van der Waals surface area contributed by atoms with E-state index >= 15 is 0 Å². The van der Waals surface area contributed by atoms with Gasteiger partial charge in [0.1, 0.15) is 0 Å². The Kier molecular flexibility index (Phi) is 9.78. The van der Waals surface area contributed by atoms with Crippen LogP contribution >= 0.6 is 0 Å². The summed E-state index contributed by atoms with van der Waals surface area (Å²) in [6.07, 6.45) is 15.3. The predicted molar refractivity (Wildman–Crippen MR) is 130 cm³/mol. The molecule has 3 amide bonds. The molecule has 2 aliphatic heterocycles. The van der Waals surface area contributed by atoms with Gasteiger partial charge in [-0.1, -0.05) is 57.8 Å². The molecule has 2 rings (SSSR count). The first-order chi connectivity index (χ1) is 15.0. The standard InChI is InChI=1S/C27H48N2O3/c1-21(28-24(31)17-18-25(28)32)15-13-11-9-7-8-10-12-14-16-23-19-26(3,4)29(22(2)30)27(5,6)20-23/h21,23H,7-20H2,1-6H3. The quantitative estimate of drug-likeness (QED) is 0.262. The van der Waals surface area contributed by atoms with Crippen molar-refractivity contribution < 1.29 is 14.4 Å². The SMILES string of the molecule is CC(=O)N1C(C)(C)CC(CCCCCCCCCCC(C)N2C(=O)CCC2=O)CC1(C)C. The maximum Gasteiger partial charge on any atom is 0.229 e.